The topological polar surface area (TPSA) is 77.8 Å². The van der Waals surface area contributed by atoms with Gasteiger partial charge in [-0.05, 0) is 24.3 Å². The lowest BCUT2D eigenvalue weighted by Gasteiger charge is -1.97. The molecule has 0 spiro atoms. The summed E-state index contributed by atoms with van der Waals surface area (Å²) in [6, 6.07) is 11.0. The van der Waals surface area contributed by atoms with Crippen molar-refractivity contribution in [2.45, 2.75) is 0 Å². The molecule has 0 amide bonds. The molecule has 0 aliphatic rings. The van der Waals surface area contributed by atoms with E-state index < -0.39 is 0 Å². The maximum atomic E-state index is 5.87. The highest BCUT2D eigenvalue weighted by atomic mass is 16.5. The minimum Gasteiger partial charge on any atom is -0.398 e. The third kappa shape index (κ3) is 1.82. The summed E-state index contributed by atoms with van der Waals surface area (Å²) in [5.41, 5.74) is 8.09. The summed E-state index contributed by atoms with van der Waals surface area (Å²) in [5, 5.41) is 3.94. The molecule has 3 rings (SSSR count). The Morgan fingerprint density at radius 3 is 2.56 bits per heavy atom. The first-order valence-corrected chi connectivity index (χ1v) is 5.43. The Labute approximate surface area is 103 Å². The molecule has 5 heteroatoms. The van der Waals surface area contributed by atoms with Crippen molar-refractivity contribution in [3.8, 4) is 22.8 Å². The number of anilines is 1. The molecule has 2 N–H and O–H groups in total. The molecule has 5 nitrogen and oxygen atoms in total. The molecule has 88 valence electrons. The number of nitrogens with zero attached hydrogens (tertiary/aromatic N) is 3. The number of hydrogen-bond acceptors (Lipinski definition) is 5. The SMILES string of the molecule is Nc1ccccc1-c1noc(-c2ccncc2)n1. The molecular weight excluding hydrogens is 228 g/mol. The number of benzene rings is 1. The number of nitrogen functional groups attached to an aromatic ring is 1. The molecule has 0 aliphatic heterocycles. The largest absolute Gasteiger partial charge is 0.398 e. The van der Waals surface area contributed by atoms with Crippen LogP contribution in [0.1, 0.15) is 0 Å². The van der Waals surface area contributed by atoms with Crippen LogP contribution in [0.4, 0.5) is 5.69 Å². The van der Waals surface area contributed by atoms with Crippen molar-refractivity contribution >= 4 is 5.69 Å². The van der Waals surface area contributed by atoms with Gasteiger partial charge >= 0.3 is 0 Å². The van der Waals surface area contributed by atoms with E-state index in [1.165, 1.54) is 0 Å². The zero-order chi connectivity index (χ0) is 12.4. The summed E-state index contributed by atoms with van der Waals surface area (Å²) in [7, 11) is 0. The van der Waals surface area contributed by atoms with E-state index in [2.05, 4.69) is 15.1 Å². The molecule has 0 saturated heterocycles. The van der Waals surface area contributed by atoms with Crippen LogP contribution in [0.5, 0.6) is 0 Å². The fourth-order valence-corrected chi connectivity index (χ4v) is 1.65. The maximum Gasteiger partial charge on any atom is 0.258 e. The number of rotatable bonds is 2. The standard InChI is InChI=1S/C13H10N4O/c14-11-4-2-1-3-10(11)12-16-13(18-17-12)9-5-7-15-8-6-9/h1-8H,14H2. The van der Waals surface area contributed by atoms with Gasteiger partial charge in [-0.15, -0.1) is 0 Å². The van der Waals surface area contributed by atoms with Gasteiger partial charge in [-0.1, -0.05) is 17.3 Å². The van der Waals surface area contributed by atoms with Crippen molar-refractivity contribution in [3.63, 3.8) is 0 Å². The lowest BCUT2D eigenvalue weighted by Crippen LogP contribution is -1.90. The number of aromatic nitrogens is 3. The molecule has 0 atom stereocenters. The predicted octanol–water partition coefficient (Wildman–Crippen LogP) is 2.38. The molecular formula is C13H10N4O. The third-order valence-corrected chi connectivity index (χ3v) is 2.55. The Morgan fingerprint density at radius 1 is 1.00 bits per heavy atom. The van der Waals surface area contributed by atoms with Gasteiger partial charge in [0.2, 0.25) is 5.82 Å². The fourth-order valence-electron chi connectivity index (χ4n) is 1.65. The molecule has 1 aromatic carbocycles. The van der Waals surface area contributed by atoms with Crippen LogP contribution in [0, 0.1) is 0 Å². The first-order chi connectivity index (χ1) is 8.84. The molecule has 2 heterocycles. The highest BCUT2D eigenvalue weighted by Gasteiger charge is 2.11. The van der Waals surface area contributed by atoms with E-state index >= 15 is 0 Å². The Kier molecular flexibility index (Phi) is 2.49. The average Bonchev–Trinajstić information content (AvgIpc) is 2.90. The molecule has 2 aromatic heterocycles. The zero-order valence-electron chi connectivity index (χ0n) is 9.45. The monoisotopic (exact) mass is 238 g/mol. The summed E-state index contributed by atoms with van der Waals surface area (Å²) in [4.78, 5) is 8.27. The first-order valence-electron chi connectivity index (χ1n) is 5.43. The van der Waals surface area contributed by atoms with Crippen LogP contribution in [0.25, 0.3) is 22.8 Å². The Morgan fingerprint density at radius 2 is 1.78 bits per heavy atom. The lowest BCUT2D eigenvalue weighted by molar-refractivity contribution is 0.432. The minimum absolute atomic E-state index is 0.454. The smallest absolute Gasteiger partial charge is 0.258 e. The number of pyridine rings is 1. The van der Waals surface area contributed by atoms with Crippen molar-refractivity contribution in [2.24, 2.45) is 0 Å². The van der Waals surface area contributed by atoms with E-state index in [0.29, 0.717) is 17.4 Å². The minimum atomic E-state index is 0.454. The highest BCUT2D eigenvalue weighted by Crippen LogP contribution is 2.25. The molecule has 0 aliphatic carbocycles. The van der Waals surface area contributed by atoms with Crippen molar-refractivity contribution in [1.29, 1.82) is 0 Å². The van der Waals surface area contributed by atoms with Gasteiger partial charge in [0, 0.05) is 29.2 Å². The van der Waals surface area contributed by atoms with E-state index in [1.54, 1.807) is 18.5 Å². The Hall–Kier alpha value is -2.69. The van der Waals surface area contributed by atoms with Gasteiger partial charge in [0.15, 0.2) is 0 Å². The molecule has 0 unspecified atom stereocenters. The normalized spacial score (nSPS) is 10.4. The van der Waals surface area contributed by atoms with Crippen molar-refractivity contribution in [2.75, 3.05) is 5.73 Å². The Balaban J connectivity index is 2.03. The van der Waals surface area contributed by atoms with Crippen molar-refractivity contribution < 1.29 is 4.52 Å². The van der Waals surface area contributed by atoms with Crippen molar-refractivity contribution in [3.05, 3.63) is 48.8 Å². The van der Waals surface area contributed by atoms with Gasteiger partial charge < -0.3 is 10.3 Å². The molecule has 0 bridgehead atoms. The van der Waals surface area contributed by atoms with Crippen LogP contribution in [0.2, 0.25) is 0 Å². The number of para-hydroxylation sites is 1. The van der Waals surface area contributed by atoms with Crippen LogP contribution >= 0.6 is 0 Å². The number of nitrogens with two attached hydrogens (primary N) is 1. The van der Waals surface area contributed by atoms with Gasteiger partial charge in [0.05, 0.1) is 0 Å². The van der Waals surface area contributed by atoms with E-state index in [1.807, 2.05) is 30.3 Å². The Bertz CT molecular complexity index is 664. The van der Waals surface area contributed by atoms with Gasteiger partial charge in [-0.3, -0.25) is 4.98 Å². The highest BCUT2D eigenvalue weighted by molar-refractivity contribution is 5.71. The third-order valence-electron chi connectivity index (χ3n) is 2.55. The van der Waals surface area contributed by atoms with E-state index in [-0.39, 0.29) is 0 Å². The molecule has 18 heavy (non-hydrogen) atoms. The van der Waals surface area contributed by atoms with E-state index in [0.717, 1.165) is 11.1 Å². The molecule has 0 saturated carbocycles. The van der Waals surface area contributed by atoms with Crippen molar-refractivity contribution in [1.82, 2.24) is 15.1 Å². The summed E-state index contributed by atoms with van der Waals surface area (Å²) in [6.45, 7) is 0. The average molecular weight is 238 g/mol. The molecule has 0 fully saturated rings. The van der Waals surface area contributed by atoms with E-state index in [9.17, 15) is 0 Å². The van der Waals surface area contributed by atoms with Gasteiger partial charge in [0.1, 0.15) is 0 Å². The van der Waals surface area contributed by atoms with Crippen LogP contribution in [-0.4, -0.2) is 15.1 Å². The van der Waals surface area contributed by atoms with Gasteiger partial charge in [-0.25, -0.2) is 0 Å². The summed E-state index contributed by atoms with van der Waals surface area (Å²) < 4.78 is 5.22. The van der Waals surface area contributed by atoms with Crippen LogP contribution in [-0.2, 0) is 0 Å². The maximum absolute atomic E-state index is 5.87. The first kappa shape index (κ1) is 10.5. The summed E-state index contributed by atoms with van der Waals surface area (Å²) >= 11 is 0. The predicted molar refractivity (Wildman–Crippen MR) is 67.4 cm³/mol. The quantitative estimate of drug-likeness (QED) is 0.693. The summed E-state index contributed by atoms with van der Waals surface area (Å²) in [6.07, 6.45) is 3.35. The van der Waals surface area contributed by atoms with Crippen LogP contribution in [0.3, 0.4) is 0 Å². The summed E-state index contributed by atoms with van der Waals surface area (Å²) in [5.74, 6) is 0.940. The molecule has 3 aromatic rings. The second-order valence-corrected chi connectivity index (χ2v) is 3.75. The molecule has 0 radical (unpaired) electrons. The second kappa shape index (κ2) is 4.29. The zero-order valence-corrected chi connectivity index (χ0v) is 9.45. The second-order valence-electron chi connectivity index (χ2n) is 3.75. The van der Waals surface area contributed by atoms with Gasteiger partial charge in [0.25, 0.3) is 5.89 Å². The van der Waals surface area contributed by atoms with Gasteiger partial charge in [-0.2, -0.15) is 4.98 Å². The lowest BCUT2D eigenvalue weighted by atomic mass is 10.2. The van der Waals surface area contributed by atoms with Crippen LogP contribution in [0.15, 0.2) is 53.3 Å². The van der Waals surface area contributed by atoms with E-state index in [4.69, 9.17) is 10.3 Å². The van der Waals surface area contributed by atoms with Crippen LogP contribution < -0.4 is 5.73 Å². The fraction of sp³-hybridized carbons (Fsp3) is 0. The number of hydrogen-bond donors (Lipinski definition) is 1.